The van der Waals surface area contributed by atoms with Gasteiger partial charge < -0.3 is 10.6 Å². The number of likely N-dealkylation sites (tertiary alicyclic amines) is 1. The van der Waals surface area contributed by atoms with Crippen LogP contribution in [0.4, 0.5) is 0 Å². The van der Waals surface area contributed by atoms with Crippen molar-refractivity contribution in [2.45, 2.75) is 32.6 Å². The van der Waals surface area contributed by atoms with Gasteiger partial charge >= 0.3 is 0 Å². The van der Waals surface area contributed by atoms with Crippen LogP contribution in [0.15, 0.2) is 0 Å². The molecule has 3 heteroatoms. The highest BCUT2D eigenvalue weighted by atomic mass is 16.2. The highest BCUT2D eigenvalue weighted by Gasteiger charge is 2.37. The van der Waals surface area contributed by atoms with Crippen molar-refractivity contribution in [2.75, 3.05) is 19.6 Å². The molecule has 1 aliphatic carbocycles. The third kappa shape index (κ3) is 2.51. The highest BCUT2D eigenvalue weighted by molar-refractivity contribution is 5.73. The molecule has 2 aliphatic rings. The van der Waals surface area contributed by atoms with Crippen molar-refractivity contribution in [3.8, 4) is 0 Å². The summed E-state index contributed by atoms with van der Waals surface area (Å²) in [5, 5.41) is 0. The Labute approximate surface area is 92.0 Å². The smallest absolute Gasteiger partial charge is 0.219 e. The van der Waals surface area contributed by atoms with E-state index in [0.29, 0.717) is 11.8 Å². The molecule has 1 aliphatic heterocycles. The topological polar surface area (TPSA) is 46.3 Å². The van der Waals surface area contributed by atoms with Crippen LogP contribution in [0.1, 0.15) is 32.6 Å². The molecule has 1 heterocycles. The summed E-state index contributed by atoms with van der Waals surface area (Å²) in [5.74, 6) is 2.44. The number of amides is 1. The fourth-order valence-corrected chi connectivity index (χ4v) is 2.94. The maximum absolute atomic E-state index is 11.3. The van der Waals surface area contributed by atoms with Crippen molar-refractivity contribution in [1.29, 1.82) is 0 Å². The summed E-state index contributed by atoms with van der Waals surface area (Å²) in [6.45, 7) is 4.39. The van der Waals surface area contributed by atoms with Gasteiger partial charge in [-0.2, -0.15) is 0 Å². The Kier molecular flexibility index (Phi) is 3.29. The van der Waals surface area contributed by atoms with Crippen LogP contribution in [0.3, 0.4) is 0 Å². The molecule has 2 atom stereocenters. The van der Waals surface area contributed by atoms with Crippen LogP contribution in [0, 0.1) is 17.8 Å². The maximum atomic E-state index is 11.3. The van der Waals surface area contributed by atoms with Gasteiger partial charge in [-0.1, -0.05) is 0 Å². The van der Waals surface area contributed by atoms with E-state index in [1.165, 1.54) is 19.3 Å². The van der Waals surface area contributed by atoms with Crippen LogP contribution in [0.5, 0.6) is 0 Å². The van der Waals surface area contributed by atoms with Crippen molar-refractivity contribution in [3.05, 3.63) is 0 Å². The van der Waals surface area contributed by atoms with Gasteiger partial charge in [-0.05, 0) is 50.0 Å². The second-order valence-corrected chi connectivity index (χ2v) is 5.10. The molecule has 0 radical (unpaired) electrons. The number of carbonyl (C=O) groups is 1. The number of hydrogen-bond donors (Lipinski definition) is 1. The summed E-state index contributed by atoms with van der Waals surface area (Å²) in [7, 11) is 0. The van der Waals surface area contributed by atoms with E-state index in [1.54, 1.807) is 6.92 Å². The lowest BCUT2D eigenvalue weighted by atomic mass is 9.82. The highest BCUT2D eigenvalue weighted by Crippen LogP contribution is 2.42. The van der Waals surface area contributed by atoms with E-state index >= 15 is 0 Å². The van der Waals surface area contributed by atoms with Crippen LogP contribution in [0.2, 0.25) is 0 Å². The summed E-state index contributed by atoms with van der Waals surface area (Å²) in [4.78, 5) is 13.3. The van der Waals surface area contributed by atoms with E-state index in [0.717, 1.165) is 32.0 Å². The first kappa shape index (κ1) is 10.9. The molecule has 0 aromatic carbocycles. The molecule has 86 valence electrons. The predicted octanol–water partition coefficient (Wildman–Crippen LogP) is 1.23. The number of carbonyl (C=O) groups excluding carboxylic acids is 1. The van der Waals surface area contributed by atoms with Gasteiger partial charge in [0.15, 0.2) is 0 Å². The lowest BCUT2D eigenvalue weighted by Gasteiger charge is -2.36. The van der Waals surface area contributed by atoms with Gasteiger partial charge in [0.05, 0.1) is 0 Å². The van der Waals surface area contributed by atoms with Crippen molar-refractivity contribution in [3.63, 3.8) is 0 Å². The molecular weight excluding hydrogens is 188 g/mol. The lowest BCUT2D eigenvalue weighted by Crippen LogP contribution is -2.43. The quantitative estimate of drug-likeness (QED) is 0.761. The zero-order valence-corrected chi connectivity index (χ0v) is 9.61. The summed E-state index contributed by atoms with van der Waals surface area (Å²) >= 11 is 0. The van der Waals surface area contributed by atoms with E-state index in [2.05, 4.69) is 0 Å². The molecule has 0 spiro atoms. The molecule has 2 unspecified atom stereocenters. The van der Waals surface area contributed by atoms with Crippen molar-refractivity contribution in [1.82, 2.24) is 4.90 Å². The second-order valence-electron chi connectivity index (χ2n) is 5.10. The zero-order valence-electron chi connectivity index (χ0n) is 9.61. The standard InChI is InChI=1S/C12H22N2O/c1-9(15)14-6-2-3-11(8-14)12(7-13)10-4-5-10/h10-12H,2-8,13H2,1H3. The van der Waals surface area contributed by atoms with Gasteiger partial charge in [-0.3, -0.25) is 4.79 Å². The Bertz CT molecular complexity index is 238. The number of nitrogens with two attached hydrogens (primary N) is 1. The molecule has 1 saturated carbocycles. The third-order valence-corrected chi connectivity index (χ3v) is 4.01. The average molecular weight is 210 g/mol. The van der Waals surface area contributed by atoms with Crippen LogP contribution in [-0.2, 0) is 4.79 Å². The first-order valence-corrected chi connectivity index (χ1v) is 6.18. The number of nitrogens with zero attached hydrogens (tertiary/aromatic N) is 1. The average Bonchev–Trinajstić information content (AvgIpc) is 3.04. The SMILES string of the molecule is CC(=O)N1CCCC(C(CN)C2CC2)C1. The van der Waals surface area contributed by atoms with Crippen LogP contribution in [-0.4, -0.2) is 30.4 Å². The molecule has 15 heavy (non-hydrogen) atoms. The van der Waals surface area contributed by atoms with E-state index in [4.69, 9.17) is 5.73 Å². The summed E-state index contributed by atoms with van der Waals surface area (Å²) < 4.78 is 0. The van der Waals surface area contributed by atoms with Gasteiger partial charge in [-0.15, -0.1) is 0 Å². The molecule has 1 amide bonds. The number of hydrogen-bond acceptors (Lipinski definition) is 2. The molecule has 1 saturated heterocycles. The Balaban J connectivity index is 1.93. The first-order valence-electron chi connectivity index (χ1n) is 6.18. The zero-order chi connectivity index (χ0) is 10.8. The summed E-state index contributed by atoms with van der Waals surface area (Å²) in [5.41, 5.74) is 5.86. The minimum Gasteiger partial charge on any atom is -0.343 e. The molecule has 2 fully saturated rings. The van der Waals surface area contributed by atoms with Gasteiger partial charge in [-0.25, -0.2) is 0 Å². The second kappa shape index (κ2) is 4.52. The van der Waals surface area contributed by atoms with Crippen LogP contribution < -0.4 is 5.73 Å². The minimum atomic E-state index is 0.228. The fourth-order valence-electron chi connectivity index (χ4n) is 2.94. The van der Waals surface area contributed by atoms with Crippen LogP contribution >= 0.6 is 0 Å². The van der Waals surface area contributed by atoms with E-state index in [1.807, 2.05) is 4.90 Å². The predicted molar refractivity (Wildman–Crippen MR) is 60.2 cm³/mol. The van der Waals surface area contributed by atoms with E-state index < -0.39 is 0 Å². The molecule has 0 aromatic rings. The lowest BCUT2D eigenvalue weighted by molar-refractivity contribution is -0.131. The Hall–Kier alpha value is -0.570. The largest absolute Gasteiger partial charge is 0.343 e. The number of piperidine rings is 1. The summed E-state index contributed by atoms with van der Waals surface area (Å²) in [6.07, 6.45) is 5.15. The van der Waals surface area contributed by atoms with Crippen LogP contribution in [0.25, 0.3) is 0 Å². The molecule has 0 bridgehead atoms. The Morgan fingerprint density at radius 2 is 2.13 bits per heavy atom. The normalized spacial score (nSPS) is 28.9. The van der Waals surface area contributed by atoms with E-state index in [9.17, 15) is 4.79 Å². The monoisotopic (exact) mass is 210 g/mol. The summed E-state index contributed by atoms with van der Waals surface area (Å²) in [6, 6.07) is 0. The molecule has 2 N–H and O–H groups in total. The van der Waals surface area contributed by atoms with Gasteiger partial charge in [0, 0.05) is 20.0 Å². The molecule has 0 aromatic heterocycles. The first-order chi connectivity index (χ1) is 7.22. The number of rotatable bonds is 3. The Morgan fingerprint density at radius 1 is 1.40 bits per heavy atom. The van der Waals surface area contributed by atoms with Crippen molar-refractivity contribution in [2.24, 2.45) is 23.5 Å². The molecular formula is C12H22N2O. The molecule has 3 nitrogen and oxygen atoms in total. The third-order valence-electron chi connectivity index (χ3n) is 4.01. The minimum absolute atomic E-state index is 0.228. The maximum Gasteiger partial charge on any atom is 0.219 e. The van der Waals surface area contributed by atoms with Gasteiger partial charge in [0.25, 0.3) is 0 Å². The van der Waals surface area contributed by atoms with Crippen molar-refractivity contribution >= 4 is 5.91 Å². The fraction of sp³-hybridized carbons (Fsp3) is 0.917. The molecule has 2 rings (SSSR count). The van der Waals surface area contributed by atoms with Gasteiger partial charge in [0.2, 0.25) is 5.91 Å². The van der Waals surface area contributed by atoms with Gasteiger partial charge in [0.1, 0.15) is 0 Å². The van der Waals surface area contributed by atoms with E-state index in [-0.39, 0.29) is 5.91 Å². The Morgan fingerprint density at radius 3 is 2.67 bits per heavy atom. The van der Waals surface area contributed by atoms with Crippen molar-refractivity contribution < 1.29 is 4.79 Å².